The number of primary amides is 1. The van der Waals surface area contributed by atoms with E-state index in [1.54, 1.807) is 10.9 Å². The molecule has 1 aliphatic rings. The van der Waals surface area contributed by atoms with Crippen molar-refractivity contribution in [1.29, 1.82) is 0 Å². The largest absolute Gasteiger partial charge is 0.368 e. The Bertz CT molecular complexity index is 317. The molecule has 0 saturated carbocycles. The Balaban J connectivity index is 2.27. The molecule has 0 atom stereocenters. The maximum Gasteiger partial charge on any atom is 0.237 e. The van der Waals surface area contributed by atoms with Gasteiger partial charge < -0.3 is 15.6 Å². The Morgan fingerprint density at radius 1 is 1.83 bits per heavy atom. The highest BCUT2D eigenvalue weighted by Gasteiger charge is 2.16. The summed E-state index contributed by atoms with van der Waals surface area (Å²) in [5, 5.41) is 3.11. The Labute approximate surface area is 69.6 Å². The van der Waals surface area contributed by atoms with E-state index in [9.17, 15) is 4.79 Å². The molecule has 0 bridgehead atoms. The summed E-state index contributed by atoms with van der Waals surface area (Å²) in [6.07, 6.45) is 2.56. The quantitative estimate of drug-likeness (QED) is 0.612. The minimum absolute atomic E-state index is 0.226. The predicted octanol–water partition coefficient (Wildman–Crippen LogP) is -0.664. The van der Waals surface area contributed by atoms with Gasteiger partial charge in [-0.3, -0.25) is 4.79 Å². The van der Waals surface area contributed by atoms with Crippen LogP contribution in [0.3, 0.4) is 0 Å². The molecule has 2 rings (SSSR count). The summed E-state index contributed by atoms with van der Waals surface area (Å²) in [5.74, 6) is 0.554. The Hall–Kier alpha value is -1.52. The lowest BCUT2D eigenvalue weighted by Crippen LogP contribution is -2.19. The van der Waals surface area contributed by atoms with Crippen LogP contribution in [0.15, 0.2) is 6.33 Å². The maximum absolute atomic E-state index is 10.6. The van der Waals surface area contributed by atoms with Gasteiger partial charge in [0.2, 0.25) is 5.91 Å². The summed E-state index contributed by atoms with van der Waals surface area (Å²) in [5.41, 5.74) is 6.15. The van der Waals surface area contributed by atoms with Crippen LogP contribution in [0.4, 0.5) is 5.82 Å². The van der Waals surface area contributed by atoms with Crippen LogP contribution in [-0.4, -0.2) is 22.0 Å². The number of nitrogens with zero attached hydrogens (tertiary/aromatic N) is 2. The molecular formula is C7H10N4O. The van der Waals surface area contributed by atoms with Crippen molar-refractivity contribution >= 4 is 11.7 Å². The first-order valence-electron chi connectivity index (χ1n) is 3.83. The second-order valence-corrected chi connectivity index (χ2v) is 2.81. The fourth-order valence-electron chi connectivity index (χ4n) is 1.42. The van der Waals surface area contributed by atoms with Crippen molar-refractivity contribution in [2.75, 3.05) is 11.9 Å². The number of hydrogen-bond acceptors (Lipinski definition) is 3. The molecule has 0 aromatic carbocycles. The van der Waals surface area contributed by atoms with E-state index in [-0.39, 0.29) is 12.5 Å². The monoisotopic (exact) mass is 166 g/mol. The highest BCUT2D eigenvalue weighted by atomic mass is 16.1. The molecule has 0 fully saturated rings. The second-order valence-electron chi connectivity index (χ2n) is 2.81. The van der Waals surface area contributed by atoms with E-state index in [1.807, 2.05) is 0 Å². The molecule has 1 amide bonds. The molecule has 0 aliphatic carbocycles. The van der Waals surface area contributed by atoms with Crippen molar-refractivity contribution in [2.45, 2.75) is 13.0 Å². The predicted molar refractivity (Wildman–Crippen MR) is 43.6 cm³/mol. The van der Waals surface area contributed by atoms with E-state index in [0.717, 1.165) is 24.5 Å². The summed E-state index contributed by atoms with van der Waals surface area (Å²) in [7, 11) is 0. The Morgan fingerprint density at radius 2 is 2.67 bits per heavy atom. The van der Waals surface area contributed by atoms with Gasteiger partial charge in [0.15, 0.2) is 0 Å². The second kappa shape index (κ2) is 2.51. The minimum Gasteiger partial charge on any atom is -0.368 e. The topological polar surface area (TPSA) is 72.9 Å². The minimum atomic E-state index is -0.331. The van der Waals surface area contributed by atoms with Gasteiger partial charge in [0, 0.05) is 13.0 Å². The number of hydrogen-bond donors (Lipinski definition) is 2. The van der Waals surface area contributed by atoms with Gasteiger partial charge >= 0.3 is 0 Å². The highest BCUT2D eigenvalue weighted by molar-refractivity contribution is 5.73. The first-order valence-corrected chi connectivity index (χ1v) is 3.83. The van der Waals surface area contributed by atoms with Gasteiger partial charge in [0.1, 0.15) is 12.4 Å². The molecule has 0 saturated heterocycles. The van der Waals surface area contributed by atoms with E-state index in [4.69, 9.17) is 5.73 Å². The number of nitrogens with one attached hydrogen (secondary N) is 1. The molecule has 2 heterocycles. The molecule has 12 heavy (non-hydrogen) atoms. The van der Waals surface area contributed by atoms with Crippen LogP contribution in [0.5, 0.6) is 0 Å². The van der Waals surface area contributed by atoms with Crippen LogP contribution in [0, 0.1) is 0 Å². The third-order valence-electron chi connectivity index (χ3n) is 1.93. The van der Waals surface area contributed by atoms with Crippen molar-refractivity contribution in [2.24, 2.45) is 5.73 Å². The van der Waals surface area contributed by atoms with Gasteiger partial charge in [-0.05, 0) is 0 Å². The summed E-state index contributed by atoms with van der Waals surface area (Å²) in [6.45, 7) is 1.13. The van der Waals surface area contributed by atoms with Crippen molar-refractivity contribution in [3.05, 3.63) is 12.0 Å². The van der Waals surface area contributed by atoms with E-state index in [0.29, 0.717) is 0 Å². The lowest BCUT2D eigenvalue weighted by molar-refractivity contribution is -0.118. The molecular weight excluding hydrogens is 156 g/mol. The molecule has 0 unspecified atom stereocenters. The van der Waals surface area contributed by atoms with Crippen LogP contribution in [0.2, 0.25) is 0 Å². The van der Waals surface area contributed by atoms with Crippen LogP contribution in [0.25, 0.3) is 0 Å². The third-order valence-corrected chi connectivity index (χ3v) is 1.93. The number of aromatic nitrogens is 2. The molecule has 3 N–H and O–H groups in total. The van der Waals surface area contributed by atoms with E-state index >= 15 is 0 Å². The van der Waals surface area contributed by atoms with Crippen molar-refractivity contribution in [1.82, 2.24) is 9.55 Å². The Kier molecular flexibility index (Phi) is 1.49. The number of rotatable bonds is 2. The highest BCUT2D eigenvalue weighted by Crippen LogP contribution is 2.19. The number of nitrogens with two attached hydrogens (primary N) is 1. The van der Waals surface area contributed by atoms with Gasteiger partial charge in [-0.25, -0.2) is 4.98 Å². The lowest BCUT2D eigenvalue weighted by Gasteiger charge is -2.00. The van der Waals surface area contributed by atoms with Crippen LogP contribution >= 0.6 is 0 Å². The number of fused-ring (bicyclic) bond motifs is 1. The smallest absolute Gasteiger partial charge is 0.237 e. The average molecular weight is 166 g/mol. The van der Waals surface area contributed by atoms with E-state index in [2.05, 4.69) is 10.3 Å². The number of anilines is 1. The van der Waals surface area contributed by atoms with Crippen LogP contribution in [0.1, 0.15) is 5.69 Å². The first-order chi connectivity index (χ1) is 5.77. The molecule has 5 heteroatoms. The number of imidazole rings is 1. The van der Waals surface area contributed by atoms with Crippen molar-refractivity contribution < 1.29 is 4.79 Å². The number of carbonyl (C=O) groups excluding carboxylic acids is 1. The number of carbonyl (C=O) groups is 1. The third kappa shape index (κ3) is 1.03. The van der Waals surface area contributed by atoms with Gasteiger partial charge in [-0.1, -0.05) is 0 Å². The zero-order chi connectivity index (χ0) is 8.55. The fraction of sp³-hybridized carbons (Fsp3) is 0.429. The summed E-state index contributed by atoms with van der Waals surface area (Å²) in [4.78, 5) is 14.7. The van der Waals surface area contributed by atoms with Crippen molar-refractivity contribution in [3.63, 3.8) is 0 Å². The maximum atomic E-state index is 10.6. The lowest BCUT2D eigenvalue weighted by atomic mass is 10.3. The summed E-state index contributed by atoms with van der Waals surface area (Å²) >= 11 is 0. The molecule has 0 spiro atoms. The van der Waals surface area contributed by atoms with Crippen LogP contribution < -0.4 is 11.1 Å². The van der Waals surface area contributed by atoms with Gasteiger partial charge in [0.25, 0.3) is 0 Å². The SMILES string of the molecule is NC(=O)Cn1cnc2c1CCN2. The number of amides is 1. The molecule has 1 aliphatic heterocycles. The molecule has 0 radical (unpaired) electrons. The normalized spacial score (nSPS) is 14.0. The average Bonchev–Trinajstić information content (AvgIpc) is 2.52. The zero-order valence-electron chi connectivity index (χ0n) is 6.58. The molecule has 1 aromatic rings. The van der Waals surface area contributed by atoms with Crippen molar-refractivity contribution in [3.8, 4) is 0 Å². The summed E-state index contributed by atoms with van der Waals surface area (Å²) < 4.78 is 1.79. The first kappa shape index (κ1) is 7.15. The standard InChI is InChI=1S/C7H10N4O/c8-6(12)3-11-4-10-7-5(11)1-2-9-7/h4,9H,1-3H2,(H2,8,12). The van der Waals surface area contributed by atoms with E-state index < -0.39 is 0 Å². The van der Waals surface area contributed by atoms with Gasteiger partial charge in [-0.2, -0.15) is 0 Å². The zero-order valence-corrected chi connectivity index (χ0v) is 6.58. The fourth-order valence-corrected chi connectivity index (χ4v) is 1.42. The Morgan fingerprint density at radius 3 is 3.42 bits per heavy atom. The molecule has 64 valence electrons. The van der Waals surface area contributed by atoms with E-state index in [1.165, 1.54) is 0 Å². The van der Waals surface area contributed by atoms with Gasteiger partial charge in [0.05, 0.1) is 12.0 Å². The van der Waals surface area contributed by atoms with Crippen LogP contribution in [-0.2, 0) is 17.8 Å². The summed E-state index contributed by atoms with van der Waals surface area (Å²) in [6, 6.07) is 0. The van der Waals surface area contributed by atoms with Gasteiger partial charge in [-0.15, -0.1) is 0 Å². The molecule has 1 aromatic heterocycles. The molecule has 5 nitrogen and oxygen atoms in total.